The topological polar surface area (TPSA) is 106 Å². The Hall–Kier alpha value is -2.15. The van der Waals surface area contributed by atoms with Crippen LogP contribution >= 0.6 is 0 Å². The Morgan fingerprint density at radius 3 is 2.27 bits per heavy atom. The molecule has 1 aromatic carbocycles. The van der Waals surface area contributed by atoms with E-state index in [0.717, 1.165) is 7.11 Å². The highest BCUT2D eigenvalue weighted by Crippen LogP contribution is 2.27. The van der Waals surface area contributed by atoms with Gasteiger partial charge in [-0.05, 0) is 24.3 Å². The van der Waals surface area contributed by atoms with Crippen LogP contribution in [0.5, 0.6) is 0 Å². The number of hydrogen-bond acceptors (Lipinski definition) is 6. The molecule has 1 aromatic rings. The van der Waals surface area contributed by atoms with E-state index in [9.17, 15) is 18.3 Å². The van der Waals surface area contributed by atoms with Crippen LogP contribution in [0, 0.1) is 11.3 Å². The average molecular weight is 376 g/mol. The number of halogens is 3. The third kappa shape index (κ3) is 7.39. The average Bonchev–Trinajstić information content (AvgIpc) is 2.64. The summed E-state index contributed by atoms with van der Waals surface area (Å²) in [4.78, 5) is 4.00. The molecule has 1 heterocycles. The molecule has 0 aromatic heterocycles. The van der Waals surface area contributed by atoms with E-state index in [1.807, 2.05) is 19.9 Å². The number of aliphatic hydroxyl groups is 3. The Balaban J connectivity index is 0.00000146. The summed E-state index contributed by atoms with van der Waals surface area (Å²) >= 11 is 0. The van der Waals surface area contributed by atoms with Gasteiger partial charge in [0.1, 0.15) is 0 Å². The second-order valence-corrected chi connectivity index (χ2v) is 4.88. The van der Waals surface area contributed by atoms with Crippen LogP contribution in [-0.2, 0) is 4.74 Å². The third-order valence-electron chi connectivity index (χ3n) is 3.16. The molecule has 0 radical (unpaired) electrons. The summed E-state index contributed by atoms with van der Waals surface area (Å²) in [7, 11) is 1.00. The smallest absolute Gasteiger partial charge is 0.414 e. The molecule has 9 heteroatoms. The minimum atomic E-state index is -4.73. The van der Waals surface area contributed by atoms with Gasteiger partial charge in [0.15, 0.2) is 6.10 Å². The normalized spacial score (nSPS) is 20.1. The SMILES string of the molecule is CC.CO.N#Cc1ccc(C2=NC(CC(O)C(F)(F)F)CC(O)O2)cc1. The van der Waals surface area contributed by atoms with Crippen LogP contribution in [0.4, 0.5) is 13.2 Å². The maximum absolute atomic E-state index is 12.4. The molecule has 6 nitrogen and oxygen atoms in total. The fourth-order valence-corrected chi connectivity index (χ4v) is 2.03. The largest absolute Gasteiger partial charge is 0.448 e. The van der Waals surface area contributed by atoms with Gasteiger partial charge in [-0.15, -0.1) is 0 Å². The zero-order valence-corrected chi connectivity index (χ0v) is 14.7. The molecule has 26 heavy (non-hydrogen) atoms. The summed E-state index contributed by atoms with van der Waals surface area (Å²) in [5.41, 5.74) is 0.842. The molecule has 0 saturated carbocycles. The number of ether oxygens (including phenoxy) is 1. The van der Waals surface area contributed by atoms with Crippen molar-refractivity contribution in [2.24, 2.45) is 4.99 Å². The van der Waals surface area contributed by atoms with E-state index in [2.05, 4.69) is 4.99 Å². The van der Waals surface area contributed by atoms with Crippen LogP contribution < -0.4 is 0 Å². The second kappa shape index (κ2) is 11.5. The van der Waals surface area contributed by atoms with Gasteiger partial charge in [0.05, 0.1) is 17.7 Å². The number of aliphatic hydroxyl groups excluding tert-OH is 3. The maximum Gasteiger partial charge on any atom is 0.414 e. The Morgan fingerprint density at radius 2 is 1.81 bits per heavy atom. The van der Waals surface area contributed by atoms with Crippen molar-refractivity contribution < 1.29 is 33.2 Å². The summed E-state index contributed by atoms with van der Waals surface area (Å²) in [5.74, 6) is -0.0115. The van der Waals surface area contributed by atoms with E-state index < -0.39 is 31.0 Å². The highest BCUT2D eigenvalue weighted by atomic mass is 19.4. The lowest BCUT2D eigenvalue weighted by molar-refractivity contribution is -0.207. The van der Waals surface area contributed by atoms with Crippen molar-refractivity contribution in [3.8, 4) is 6.07 Å². The zero-order valence-electron chi connectivity index (χ0n) is 14.7. The molecule has 1 aliphatic rings. The predicted molar refractivity (Wildman–Crippen MR) is 89.4 cm³/mol. The Labute approximate surface area is 150 Å². The van der Waals surface area contributed by atoms with Crippen molar-refractivity contribution in [3.63, 3.8) is 0 Å². The highest BCUT2D eigenvalue weighted by Gasteiger charge is 2.40. The molecule has 0 aliphatic carbocycles. The Morgan fingerprint density at radius 1 is 1.27 bits per heavy atom. The van der Waals surface area contributed by atoms with Gasteiger partial charge in [0.25, 0.3) is 0 Å². The fraction of sp³-hybridized carbons (Fsp3) is 0.529. The lowest BCUT2D eigenvalue weighted by atomic mass is 10.0. The second-order valence-electron chi connectivity index (χ2n) is 4.88. The maximum atomic E-state index is 12.4. The molecule has 0 fully saturated rings. The summed E-state index contributed by atoms with van der Waals surface area (Å²) in [5, 5.41) is 34.4. The van der Waals surface area contributed by atoms with Gasteiger partial charge in [-0.3, -0.25) is 0 Å². The van der Waals surface area contributed by atoms with Crippen molar-refractivity contribution in [3.05, 3.63) is 35.4 Å². The van der Waals surface area contributed by atoms with E-state index in [1.54, 1.807) is 0 Å². The summed E-state index contributed by atoms with van der Waals surface area (Å²) in [6.45, 7) is 4.00. The first-order valence-electron chi connectivity index (χ1n) is 7.92. The zero-order chi connectivity index (χ0) is 20.3. The molecule has 3 unspecified atom stereocenters. The molecule has 2 rings (SSSR count). The highest BCUT2D eigenvalue weighted by molar-refractivity contribution is 5.94. The third-order valence-corrected chi connectivity index (χ3v) is 3.16. The number of hydrogen-bond donors (Lipinski definition) is 3. The number of nitriles is 1. The van der Waals surface area contributed by atoms with Crippen LogP contribution in [0.25, 0.3) is 0 Å². The van der Waals surface area contributed by atoms with Crippen LogP contribution in [0.1, 0.15) is 37.8 Å². The van der Waals surface area contributed by atoms with Crippen molar-refractivity contribution in [1.29, 1.82) is 5.26 Å². The van der Waals surface area contributed by atoms with E-state index >= 15 is 0 Å². The first-order valence-corrected chi connectivity index (χ1v) is 7.92. The van der Waals surface area contributed by atoms with E-state index in [1.165, 1.54) is 24.3 Å². The molecule has 0 bridgehead atoms. The quantitative estimate of drug-likeness (QED) is 0.751. The molecule has 146 valence electrons. The minimum Gasteiger partial charge on any atom is -0.448 e. The number of rotatable bonds is 3. The van der Waals surface area contributed by atoms with Crippen LogP contribution in [0.15, 0.2) is 29.3 Å². The Bertz CT molecular complexity index is 598. The number of aliphatic imine (C=N–C) groups is 1. The molecule has 1 aliphatic heterocycles. The monoisotopic (exact) mass is 376 g/mol. The number of alkyl halides is 3. The van der Waals surface area contributed by atoms with Crippen LogP contribution in [0.3, 0.4) is 0 Å². The summed E-state index contributed by atoms with van der Waals surface area (Å²) < 4.78 is 42.2. The summed E-state index contributed by atoms with van der Waals surface area (Å²) in [6.07, 6.45) is -9.31. The first-order chi connectivity index (χ1) is 12.3. The van der Waals surface area contributed by atoms with Gasteiger partial charge < -0.3 is 20.1 Å². The van der Waals surface area contributed by atoms with Crippen molar-refractivity contribution >= 4 is 5.90 Å². The molecule has 0 amide bonds. The van der Waals surface area contributed by atoms with E-state index in [-0.39, 0.29) is 12.3 Å². The predicted octanol–water partition coefficient (Wildman–Crippen LogP) is 2.36. The van der Waals surface area contributed by atoms with Gasteiger partial charge in [-0.2, -0.15) is 18.4 Å². The Kier molecular flexibility index (Phi) is 10.5. The molecule has 3 N–H and O–H groups in total. The molecule has 0 spiro atoms. The molecule has 3 atom stereocenters. The van der Waals surface area contributed by atoms with Crippen molar-refractivity contribution in [1.82, 2.24) is 0 Å². The molecular weight excluding hydrogens is 353 g/mol. The van der Waals surface area contributed by atoms with E-state index in [0.29, 0.717) is 11.1 Å². The van der Waals surface area contributed by atoms with Gasteiger partial charge in [-0.1, -0.05) is 13.8 Å². The van der Waals surface area contributed by atoms with Crippen molar-refractivity contribution in [2.75, 3.05) is 7.11 Å². The van der Waals surface area contributed by atoms with E-state index in [4.69, 9.17) is 20.2 Å². The van der Waals surface area contributed by atoms with Crippen LogP contribution in [0.2, 0.25) is 0 Å². The minimum absolute atomic E-state index is 0.0115. The number of benzene rings is 1. The van der Waals surface area contributed by atoms with Gasteiger partial charge in [-0.25, -0.2) is 4.99 Å². The fourth-order valence-electron chi connectivity index (χ4n) is 2.03. The molecular formula is C17H23F3N2O4. The standard InChI is InChI=1S/C14H13F3N2O3.C2H6.CH4O/c15-14(16,17)11(20)5-10-6-12(21)22-13(19-10)9-3-1-8(7-18)2-4-9;2*1-2/h1-4,10-12,20-21H,5-6H2;1-2H3;2H,1H3. The lowest BCUT2D eigenvalue weighted by Gasteiger charge is -2.27. The van der Waals surface area contributed by atoms with Gasteiger partial charge in [0, 0.05) is 25.5 Å². The first kappa shape index (κ1) is 23.9. The van der Waals surface area contributed by atoms with Crippen molar-refractivity contribution in [2.45, 2.75) is 51.3 Å². The molecule has 0 saturated heterocycles. The number of nitrogens with zero attached hydrogens (tertiary/aromatic N) is 2. The van der Waals surface area contributed by atoms with Gasteiger partial charge in [0.2, 0.25) is 12.2 Å². The summed E-state index contributed by atoms with van der Waals surface area (Å²) in [6, 6.07) is 7.06. The lowest BCUT2D eigenvalue weighted by Crippen LogP contribution is -2.36. The van der Waals surface area contributed by atoms with Gasteiger partial charge >= 0.3 is 6.18 Å². The van der Waals surface area contributed by atoms with Crippen LogP contribution in [-0.4, -0.2) is 52.9 Å².